The molecule has 0 bridgehead atoms. The molecule has 1 aliphatic rings. The molecule has 3 N–H and O–H groups in total. The van der Waals surface area contributed by atoms with Crippen LogP contribution in [0.25, 0.3) is 0 Å². The summed E-state index contributed by atoms with van der Waals surface area (Å²) < 4.78 is 0. The number of carbonyl (C=O) groups excluding carboxylic acids is 1. The lowest BCUT2D eigenvalue weighted by Gasteiger charge is -2.19. The van der Waals surface area contributed by atoms with Crippen LogP contribution >= 0.6 is 0 Å². The minimum atomic E-state index is -0.371. The van der Waals surface area contributed by atoms with Crippen LogP contribution < -0.4 is 10.6 Å². The number of hydrogen-bond donors (Lipinski definition) is 3. The maximum Gasteiger partial charge on any atom is 0.243 e. The van der Waals surface area contributed by atoms with E-state index in [2.05, 4.69) is 10.6 Å². The van der Waals surface area contributed by atoms with Gasteiger partial charge in [0.05, 0.1) is 12.6 Å². The van der Waals surface area contributed by atoms with Crippen LogP contribution in [0.2, 0.25) is 0 Å². The first-order valence-corrected chi connectivity index (χ1v) is 7.08. The number of fused-ring (bicyclic) bond motifs is 1. The molecule has 0 saturated heterocycles. The standard InChI is InChI=1S/C17H18N2O2/c20-11-16(12-6-2-1-3-7-12)19-17(21)15-10-13-8-4-5-9-14(13)18-15/h1-9,15-16,18,20H,10-11H2,(H,19,21). The Bertz CT molecular complexity index is 603. The number of anilines is 1. The summed E-state index contributed by atoms with van der Waals surface area (Å²) in [4.78, 5) is 12.4. The van der Waals surface area contributed by atoms with Crippen LogP contribution in [0.15, 0.2) is 54.6 Å². The molecule has 0 aliphatic carbocycles. The van der Waals surface area contributed by atoms with Gasteiger partial charge in [0.25, 0.3) is 0 Å². The Morgan fingerprint density at radius 3 is 2.62 bits per heavy atom. The van der Waals surface area contributed by atoms with Crippen molar-refractivity contribution in [2.45, 2.75) is 18.5 Å². The molecule has 108 valence electrons. The topological polar surface area (TPSA) is 61.4 Å². The Balaban J connectivity index is 1.67. The van der Waals surface area contributed by atoms with Gasteiger partial charge in [-0.05, 0) is 17.2 Å². The molecule has 2 aromatic rings. The summed E-state index contributed by atoms with van der Waals surface area (Å²) in [6.07, 6.45) is 0.676. The molecule has 2 aromatic carbocycles. The van der Waals surface area contributed by atoms with Crippen molar-refractivity contribution in [3.63, 3.8) is 0 Å². The van der Waals surface area contributed by atoms with E-state index in [9.17, 15) is 9.90 Å². The second-order valence-electron chi connectivity index (χ2n) is 5.21. The summed E-state index contributed by atoms with van der Waals surface area (Å²) in [6, 6.07) is 16.8. The molecule has 3 rings (SSSR count). The number of aliphatic hydroxyl groups is 1. The summed E-state index contributed by atoms with van der Waals surface area (Å²) in [6.45, 7) is -0.116. The molecular weight excluding hydrogens is 264 g/mol. The van der Waals surface area contributed by atoms with Crippen LogP contribution in [-0.2, 0) is 11.2 Å². The van der Waals surface area contributed by atoms with Crippen molar-refractivity contribution < 1.29 is 9.90 Å². The molecule has 21 heavy (non-hydrogen) atoms. The maximum absolute atomic E-state index is 12.4. The van der Waals surface area contributed by atoms with Crippen molar-refractivity contribution >= 4 is 11.6 Å². The minimum Gasteiger partial charge on any atom is -0.394 e. The van der Waals surface area contributed by atoms with E-state index in [-0.39, 0.29) is 24.6 Å². The van der Waals surface area contributed by atoms with Gasteiger partial charge in [0.2, 0.25) is 5.91 Å². The van der Waals surface area contributed by atoms with E-state index in [4.69, 9.17) is 0 Å². The molecule has 4 heteroatoms. The summed E-state index contributed by atoms with van der Waals surface area (Å²) in [5.74, 6) is -0.0888. The van der Waals surface area contributed by atoms with Gasteiger partial charge in [-0.3, -0.25) is 4.79 Å². The Morgan fingerprint density at radius 2 is 1.90 bits per heavy atom. The number of hydrogen-bond acceptors (Lipinski definition) is 3. The largest absolute Gasteiger partial charge is 0.394 e. The van der Waals surface area contributed by atoms with Crippen LogP contribution in [-0.4, -0.2) is 23.7 Å². The quantitative estimate of drug-likeness (QED) is 0.802. The van der Waals surface area contributed by atoms with E-state index in [1.54, 1.807) is 0 Å². The molecule has 2 atom stereocenters. The fourth-order valence-corrected chi connectivity index (χ4v) is 2.65. The van der Waals surface area contributed by atoms with Gasteiger partial charge >= 0.3 is 0 Å². The van der Waals surface area contributed by atoms with Crippen molar-refractivity contribution in [1.82, 2.24) is 5.32 Å². The molecule has 0 spiro atoms. The molecule has 0 saturated carbocycles. The van der Waals surface area contributed by atoms with Gasteiger partial charge in [-0.25, -0.2) is 0 Å². The lowest BCUT2D eigenvalue weighted by Crippen LogP contribution is -2.41. The molecular formula is C17H18N2O2. The number of nitrogens with one attached hydrogen (secondary N) is 2. The first-order valence-electron chi connectivity index (χ1n) is 7.08. The number of aliphatic hydroxyl groups excluding tert-OH is 1. The lowest BCUT2D eigenvalue weighted by atomic mass is 10.1. The molecule has 4 nitrogen and oxygen atoms in total. The van der Waals surface area contributed by atoms with E-state index < -0.39 is 0 Å². The highest BCUT2D eigenvalue weighted by Crippen LogP contribution is 2.25. The minimum absolute atomic E-state index is 0.0888. The summed E-state index contributed by atoms with van der Waals surface area (Å²) in [7, 11) is 0. The average molecular weight is 282 g/mol. The predicted octanol–water partition coefficient (Wildman–Crippen LogP) is 1.87. The van der Waals surface area contributed by atoms with Crippen molar-refractivity contribution in [3.05, 3.63) is 65.7 Å². The smallest absolute Gasteiger partial charge is 0.243 e. The molecule has 1 heterocycles. The molecule has 0 fully saturated rings. The highest BCUT2D eigenvalue weighted by molar-refractivity contribution is 5.87. The zero-order valence-electron chi connectivity index (χ0n) is 11.6. The third kappa shape index (κ3) is 2.90. The van der Waals surface area contributed by atoms with E-state index in [1.807, 2.05) is 54.6 Å². The Hall–Kier alpha value is -2.33. The molecule has 1 aliphatic heterocycles. The van der Waals surface area contributed by atoms with Crippen LogP contribution in [0.4, 0.5) is 5.69 Å². The zero-order valence-corrected chi connectivity index (χ0v) is 11.6. The third-order valence-electron chi connectivity index (χ3n) is 3.79. The molecule has 0 aromatic heterocycles. The highest BCUT2D eigenvalue weighted by atomic mass is 16.3. The monoisotopic (exact) mass is 282 g/mol. The fourth-order valence-electron chi connectivity index (χ4n) is 2.65. The summed E-state index contributed by atoms with van der Waals surface area (Å²) in [5, 5.41) is 15.6. The number of carbonyl (C=O) groups is 1. The van der Waals surface area contributed by atoms with Crippen molar-refractivity contribution in [2.75, 3.05) is 11.9 Å². The van der Waals surface area contributed by atoms with Crippen LogP contribution in [0.1, 0.15) is 17.2 Å². The summed E-state index contributed by atoms with van der Waals surface area (Å²) >= 11 is 0. The second-order valence-corrected chi connectivity index (χ2v) is 5.21. The average Bonchev–Trinajstić information content (AvgIpc) is 2.97. The highest BCUT2D eigenvalue weighted by Gasteiger charge is 2.27. The van der Waals surface area contributed by atoms with Gasteiger partial charge in [0, 0.05) is 12.1 Å². The van der Waals surface area contributed by atoms with Gasteiger partial charge in [-0.1, -0.05) is 48.5 Å². The van der Waals surface area contributed by atoms with E-state index >= 15 is 0 Å². The van der Waals surface area contributed by atoms with Crippen LogP contribution in [0.3, 0.4) is 0 Å². The van der Waals surface area contributed by atoms with Crippen molar-refractivity contribution in [2.24, 2.45) is 0 Å². The maximum atomic E-state index is 12.4. The first-order chi connectivity index (χ1) is 10.3. The lowest BCUT2D eigenvalue weighted by molar-refractivity contribution is -0.122. The third-order valence-corrected chi connectivity index (χ3v) is 3.79. The van der Waals surface area contributed by atoms with Gasteiger partial charge in [0.1, 0.15) is 6.04 Å². The molecule has 2 unspecified atom stereocenters. The second kappa shape index (κ2) is 5.97. The Labute approximate surface area is 123 Å². The number of benzene rings is 2. The number of para-hydroxylation sites is 1. The normalized spacial score (nSPS) is 17.7. The van der Waals surface area contributed by atoms with Gasteiger partial charge < -0.3 is 15.7 Å². The number of rotatable bonds is 4. The zero-order chi connectivity index (χ0) is 14.7. The van der Waals surface area contributed by atoms with Crippen LogP contribution in [0.5, 0.6) is 0 Å². The van der Waals surface area contributed by atoms with Gasteiger partial charge in [-0.15, -0.1) is 0 Å². The fraction of sp³-hybridized carbons (Fsp3) is 0.235. The summed E-state index contributed by atoms with van der Waals surface area (Å²) in [5.41, 5.74) is 3.07. The van der Waals surface area contributed by atoms with E-state index in [0.717, 1.165) is 16.8 Å². The van der Waals surface area contributed by atoms with Crippen molar-refractivity contribution in [1.29, 1.82) is 0 Å². The predicted molar refractivity (Wildman–Crippen MR) is 82.0 cm³/mol. The van der Waals surface area contributed by atoms with Gasteiger partial charge in [-0.2, -0.15) is 0 Å². The van der Waals surface area contributed by atoms with E-state index in [1.165, 1.54) is 0 Å². The number of amides is 1. The Morgan fingerprint density at radius 1 is 1.19 bits per heavy atom. The van der Waals surface area contributed by atoms with Gasteiger partial charge in [0.15, 0.2) is 0 Å². The first kappa shape index (κ1) is 13.6. The molecule has 1 amide bonds. The van der Waals surface area contributed by atoms with E-state index in [0.29, 0.717) is 6.42 Å². The van der Waals surface area contributed by atoms with Crippen LogP contribution in [0, 0.1) is 0 Å². The van der Waals surface area contributed by atoms with Crippen molar-refractivity contribution in [3.8, 4) is 0 Å². The Kier molecular flexibility index (Phi) is 3.88. The molecule has 0 radical (unpaired) electrons. The SMILES string of the molecule is O=C(NC(CO)c1ccccc1)C1Cc2ccccc2N1.